The molecule has 0 spiro atoms. The molecule has 0 heterocycles. The van der Waals surface area contributed by atoms with Crippen LogP contribution in [-0.4, -0.2) is 5.78 Å². The number of nitrogens with two attached hydrogens (primary N) is 1. The summed E-state index contributed by atoms with van der Waals surface area (Å²) in [6.07, 6.45) is 2.15. The van der Waals surface area contributed by atoms with Crippen molar-refractivity contribution in [2.75, 3.05) is 0 Å². The van der Waals surface area contributed by atoms with Gasteiger partial charge in [0.1, 0.15) is 5.54 Å². The van der Waals surface area contributed by atoms with Crippen molar-refractivity contribution in [2.24, 2.45) is 11.7 Å². The quantitative estimate of drug-likeness (QED) is 0.788. The van der Waals surface area contributed by atoms with Crippen LogP contribution in [0.15, 0.2) is 30.3 Å². The summed E-state index contributed by atoms with van der Waals surface area (Å²) in [5.41, 5.74) is 6.44. The second-order valence-corrected chi connectivity index (χ2v) is 4.07. The highest BCUT2D eigenvalue weighted by Crippen LogP contribution is 2.44. The summed E-state index contributed by atoms with van der Waals surface area (Å²) in [6.45, 7) is 1.59. The van der Waals surface area contributed by atoms with Gasteiger partial charge in [0.05, 0.1) is 0 Å². The number of Topliss-reactive ketones (excluding diaryl/α,β-unsaturated/α-hetero) is 1. The second-order valence-electron chi connectivity index (χ2n) is 4.07. The average molecular weight is 189 g/mol. The number of rotatable bonds is 3. The van der Waals surface area contributed by atoms with Crippen LogP contribution in [0.4, 0.5) is 0 Å². The number of hydrogen-bond acceptors (Lipinski definition) is 2. The van der Waals surface area contributed by atoms with Gasteiger partial charge in [-0.1, -0.05) is 30.3 Å². The van der Waals surface area contributed by atoms with Gasteiger partial charge in [0.15, 0.2) is 5.78 Å². The standard InChI is InChI=1S/C12H15NO/c1-9(14)12(13,11-7-8-11)10-5-3-2-4-6-10/h2-6,11H,7-8,13H2,1H3. The molecule has 1 unspecified atom stereocenters. The first-order chi connectivity index (χ1) is 6.65. The Morgan fingerprint density at radius 2 is 1.93 bits per heavy atom. The van der Waals surface area contributed by atoms with Crippen molar-refractivity contribution in [1.29, 1.82) is 0 Å². The van der Waals surface area contributed by atoms with Crippen LogP contribution in [0.1, 0.15) is 25.3 Å². The van der Waals surface area contributed by atoms with E-state index >= 15 is 0 Å². The summed E-state index contributed by atoms with van der Waals surface area (Å²) in [4.78, 5) is 11.6. The number of carbonyl (C=O) groups excluding carboxylic acids is 1. The third-order valence-electron chi connectivity index (χ3n) is 3.06. The highest BCUT2D eigenvalue weighted by atomic mass is 16.1. The molecule has 1 fully saturated rings. The van der Waals surface area contributed by atoms with Gasteiger partial charge in [-0.3, -0.25) is 4.79 Å². The van der Waals surface area contributed by atoms with Crippen molar-refractivity contribution in [1.82, 2.24) is 0 Å². The lowest BCUT2D eigenvalue weighted by atomic mass is 9.83. The van der Waals surface area contributed by atoms with Crippen LogP contribution in [0.2, 0.25) is 0 Å². The molecule has 1 aliphatic carbocycles. The molecule has 1 aliphatic rings. The third kappa shape index (κ3) is 1.36. The molecule has 2 heteroatoms. The van der Waals surface area contributed by atoms with Crippen LogP contribution < -0.4 is 5.73 Å². The van der Waals surface area contributed by atoms with Crippen molar-refractivity contribution in [3.8, 4) is 0 Å². The normalized spacial score (nSPS) is 20.1. The topological polar surface area (TPSA) is 43.1 Å². The molecule has 2 rings (SSSR count). The molecule has 0 aromatic heterocycles. The Kier molecular flexibility index (Phi) is 2.16. The van der Waals surface area contributed by atoms with Crippen molar-refractivity contribution in [2.45, 2.75) is 25.3 Å². The van der Waals surface area contributed by atoms with Crippen molar-refractivity contribution >= 4 is 5.78 Å². The first-order valence-electron chi connectivity index (χ1n) is 5.01. The Labute approximate surface area is 84.1 Å². The molecule has 1 aromatic carbocycles. The van der Waals surface area contributed by atoms with Gasteiger partial charge in [0.2, 0.25) is 0 Å². The van der Waals surface area contributed by atoms with Crippen molar-refractivity contribution in [3.05, 3.63) is 35.9 Å². The lowest BCUT2D eigenvalue weighted by Gasteiger charge is -2.27. The van der Waals surface area contributed by atoms with E-state index in [1.807, 2.05) is 30.3 Å². The molecule has 1 saturated carbocycles. The maximum atomic E-state index is 11.6. The van der Waals surface area contributed by atoms with Gasteiger partial charge in [-0.2, -0.15) is 0 Å². The number of hydrogen-bond donors (Lipinski definition) is 1. The predicted octanol–water partition coefficient (Wildman–Crippen LogP) is 1.84. The van der Waals surface area contributed by atoms with Crippen LogP contribution in [-0.2, 0) is 10.3 Å². The van der Waals surface area contributed by atoms with Crippen molar-refractivity contribution in [3.63, 3.8) is 0 Å². The fraction of sp³-hybridized carbons (Fsp3) is 0.417. The van der Waals surface area contributed by atoms with Gasteiger partial charge < -0.3 is 5.73 Å². The summed E-state index contributed by atoms with van der Waals surface area (Å²) in [5, 5.41) is 0. The molecule has 0 bridgehead atoms. The Bertz CT molecular complexity index is 343. The molecule has 14 heavy (non-hydrogen) atoms. The van der Waals surface area contributed by atoms with Crippen LogP contribution in [0, 0.1) is 5.92 Å². The maximum Gasteiger partial charge on any atom is 0.154 e. The summed E-state index contributed by atoms with van der Waals surface area (Å²) in [5.74, 6) is 0.425. The van der Waals surface area contributed by atoms with E-state index in [1.54, 1.807) is 6.92 Å². The van der Waals surface area contributed by atoms with E-state index < -0.39 is 5.54 Å². The third-order valence-corrected chi connectivity index (χ3v) is 3.06. The minimum absolute atomic E-state index is 0.0752. The molecule has 1 aromatic rings. The van der Waals surface area contributed by atoms with E-state index in [0.29, 0.717) is 5.92 Å². The fourth-order valence-electron chi connectivity index (χ4n) is 1.98. The summed E-state index contributed by atoms with van der Waals surface area (Å²) in [6, 6.07) is 9.70. The zero-order chi connectivity index (χ0) is 10.2. The predicted molar refractivity (Wildman–Crippen MR) is 55.7 cm³/mol. The van der Waals surface area contributed by atoms with E-state index in [1.165, 1.54) is 0 Å². The largest absolute Gasteiger partial charge is 0.315 e. The van der Waals surface area contributed by atoms with Gasteiger partial charge in [-0.05, 0) is 31.2 Å². The molecular weight excluding hydrogens is 174 g/mol. The van der Waals surface area contributed by atoms with Crippen LogP contribution in [0.5, 0.6) is 0 Å². The van der Waals surface area contributed by atoms with Gasteiger partial charge in [0, 0.05) is 0 Å². The zero-order valence-corrected chi connectivity index (χ0v) is 8.36. The average Bonchev–Trinajstić information content (AvgIpc) is 3.01. The van der Waals surface area contributed by atoms with E-state index in [-0.39, 0.29) is 5.78 Å². The van der Waals surface area contributed by atoms with E-state index in [0.717, 1.165) is 18.4 Å². The first kappa shape index (κ1) is 9.41. The van der Waals surface area contributed by atoms with E-state index in [9.17, 15) is 4.79 Å². The monoisotopic (exact) mass is 189 g/mol. The first-order valence-corrected chi connectivity index (χ1v) is 5.01. The lowest BCUT2D eigenvalue weighted by molar-refractivity contribution is -0.123. The van der Waals surface area contributed by atoms with Gasteiger partial charge in [-0.25, -0.2) is 0 Å². The van der Waals surface area contributed by atoms with E-state index in [4.69, 9.17) is 5.73 Å². The van der Waals surface area contributed by atoms with Crippen LogP contribution in [0.25, 0.3) is 0 Å². The van der Waals surface area contributed by atoms with Gasteiger partial charge >= 0.3 is 0 Å². The van der Waals surface area contributed by atoms with Crippen LogP contribution >= 0.6 is 0 Å². The van der Waals surface area contributed by atoms with E-state index in [2.05, 4.69) is 0 Å². The fourth-order valence-corrected chi connectivity index (χ4v) is 1.98. The lowest BCUT2D eigenvalue weighted by Crippen LogP contribution is -2.45. The maximum absolute atomic E-state index is 11.6. The molecule has 2 N–H and O–H groups in total. The number of benzene rings is 1. The molecule has 2 nitrogen and oxygen atoms in total. The zero-order valence-electron chi connectivity index (χ0n) is 8.36. The summed E-state index contributed by atoms with van der Waals surface area (Å²) >= 11 is 0. The highest BCUT2D eigenvalue weighted by molar-refractivity contribution is 5.88. The van der Waals surface area contributed by atoms with Gasteiger partial charge in [0.25, 0.3) is 0 Å². The highest BCUT2D eigenvalue weighted by Gasteiger charge is 2.46. The Hall–Kier alpha value is -1.15. The van der Waals surface area contributed by atoms with Crippen molar-refractivity contribution < 1.29 is 4.79 Å². The Balaban J connectivity index is 2.41. The molecule has 0 amide bonds. The molecule has 0 saturated heterocycles. The Morgan fingerprint density at radius 3 is 2.36 bits per heavy atom. The molecule has 74 valence electrons. The molecule has 0 radical (unpaired) electrons. The summed E-state index contributed by atoms with van der Waals surface area (Å²) in [7, 11) is 0. The minimum Gasteiger partial charge on any atom is -0.315 e. The molecule has 1 atom stereocenters. The smallest absolute Gasteiger partial charge is 0.154 e. The Morgan fingerprint density at radius 1 is 1.36 bits per heavy atom. The molecular formula is C12H15NO. The second kappa shape index (κ2) is 3.21. The number of carbonyl (C=O) groups is 1. The SMILES string of the molecule is CC(=O)C(N)(c1ccccc1)C1CC1. The van der Waals surface area contributed by atoms with Crippen LogP contribution in [0.3, 0.4) is 0 Å². The van der Waals surface area contributed by atoms with Gasteiger partial charge in [-0.15, -0.1) is 0 Å². The summed E-state index contributed by atoms with van der Waals surface area (Å²) < 4.78 is 0. The minimum atomic E-state index is -0.735. The number of ketones is 1. The molecule has 0 aliphatic heterocycles.